The number of nitrogens with zero attached hydrogens (tertiary/aromatic N) is 3. The molecule has 7 nitrogen and oxygen atoms in total. The molecule has 0 bridgehead atoms. The minimum atomic E-state index is -0.701. The summed E-state index contributed by atoms with van der Waals surface area (Å²) in [5, 5.41) is 9.83. The average Bonchev–Trinajstić information content (AvgIpc) is 2.84. The van der Waals surface area contributed by atoms with Gasteiger partial charge in [-0.2, -0.15) is 0 Å². The number of carbonyl (C=O) groups excluding carboxylic acids is 2. The van der Waals surface area contributed by atoms with Crippen molar-refractivity contribution in [2.75, 3.05) is 5.43 Å². The van der Waals surface area contributed by atoms with Gasteiger partial charge in [0.05, 0.1) is 0 Å². The minimum absolute atomic E-state index is 0.0953. The van der Waals surface area contributed by atoms with Gasteiger partial charge in [0, 0.05) is 6.04 Å². The Morgan fingerprint density at radius 2 is 1.83 bits per heavy atom. The smallest absolute Gasteiger partial charge is 0.328 e. The largest absolute Gasteiger partial charge is 0.345 e. The second-order valence-corrected chi connectivity index (χ2v) is 4.65. The van der Waals surface area contributed by atoms with Gasteiger partial charge in [-0.1, -0.05) is 19.8 Å². The lowest BCUT2D eigenvalue weighted by atomic mass is 9.86. The van der Waals surface area contributed by atoms with Crippen molar-refractivity contribution >= 4 is 11.8 Å². The van der Waals surface area contributed by atoms with Gasteiger partial charge >= 0.3 is 11.8 Å². The summed E-state index contributed by atoms with van der Waals surface area (Å²) in [6, 6.07) is 0.0953. The third-order valence-electron chi connectivity index (χ3n) is 3.28. The SMILES string of the molecule is CC1CCCCC1NC(=O)C(=O)Nn1cnnc1. The van der Waals surface area contributed by atoms with Crippen LogP contribution in [-0.4, -0.2) is 32.7 Å². The maximum atomic E-state index is 11.7. The first kappa shape index (κ1) is 12.5. The normalized spacial score (nSPS) is 23.4. The fourth-order valence-electron chi connectivity index (χ4n) is 2.19. The average molecular weight is 251 g/mol. The third-order valence-corrected chi connectivity index (χ3v) is 3.28. The lowest BCUT2D eigenvalue weighted by Crippen LogP contribution is -2.46. The lowest BCUT2D eigenvalue weighted by molar-refractivity contribution is -0.137. The number of aromatic nitrogens is 3. The summed E-state index contributed by atoms with van der Waals surface area (Å²) in [5.74, 6) is -0.888. The first-order valence-corrected chi connectivity index (χ1v) is 6.13. The molecule has 0 radical (unpaired) electrons. The van der Waals surface area contributed by atoms with E-state index in [1.54, 1.807) is 0 Å². The maximum absolute atomic E-state index is 11.7. The van der Waals surface area contributed by atoms with Gasteiger partial charge < -0.3 is 5.32 Å². The molecule has 0 saturated heterocycles. The summed E-state index contributed by atoms with van der Waals surface area (Å²) in [6.45, 7) is 2.10. The standard InChI is InChI=1S/C11H17N5O2/c1-8-4-2-3-5-9(8)14-10(17)11(18)15-16-6-12-13-7-16/h6-9H,2-5H2,1H3,(H,14,17)(H,15,18). The molecule has 2 amide bonds. The van der Waals surface area contributed by atoms with Crippen LogP contribution in [-0.2, 0) is 9.59 Å². The Hall–Kier alpha value is -1.92. The van der Waals surface area contributed by atoms with E-state index in [2.05, 4.69) is 27.9 Å². The van der Waals surface area contributed by atoms with Gasteiger partial charge in [-0.25, -0.2) is 4.68 Å². The van der Waals surface area contributed by atoms with Gasteiger partial charge in [0.15, 0.2) is 0 Å². The molecule has 1 aromatic rings. The zero-order valence-corrected chi connectivity index (χ0v) is 10.3. The molecule has 0 aliphatic heterocycles. The highest BCUT2D eigenvalue weighted by Crippen LogP contribution is 2.23. The van der Waals surface area contributed by atoms with Crippen LogP contribution in [0.3, 0.4) is 0 Å². The van der Waals surface area contributed by atoms with Crippen LogP contribution in [0, 0.1) is 5.92 Å². The third kappa shape index (κ3) is 3.06. The molecule has 18 heavy (non-hydrogen) atoms. The highest BCUT2D eigenvalue weighted by atomic mass is 16.2. The van der Waals surface area contributed by atoms with Crippen LogP contribution in [0.1, 0.15) is 32.6 Å². The molecule has 2 atom stereocenters. The fourth-order valence-corrected chi connectivity index (χ4v) is 2.19. The summed E-state index contributed by atoms with van der Waals surface area (Å²) in [6.07, 6.45) is 6.95. The molecule has 2 rings (SSSR count). The first-order valence-electron chi connectivity index (χ1n) is 6.13. The summed E-state index contributed by atoms with van der Waals surface area (Å²) in [4.78, 5) is 23.3. The Labute approximate surface area is 105 Å². The van der Waals surface area contributed by atoms with E-state index in [0.29, 0.717) is 5.92 Å². The number of carbonyl (C=O) groups is 2. The summed E-state index contributed by atoms with van der Waals surface area (Å²) < 4.78 is 1.24. The molecule has 1 heterocycles. The predicted octanol–water partition coefficient (Wildman–Crippen LogP) is 0.0431. The quantitative estimate of drug-likeness (QED) is 0.726. The molecule has 98 valence electrons. The van der Waals surface area contributed by atoms with Crippen LogP contribution < -0.4 is 10.7 Å². The van der Waals surface area contributed by atoms with Crippen molar-refractivity contribution in [2.45, 2.75) is 38.6 Å². The Balaban J connectivity index is 1.85. The van der Waals surface area contributed by atoms with Crippen LogP contribution >= 0.6 is 0 Å². The van der Waals surface area contributed by atoms with E-state index in [1.807, 2.05) is 0 Å². The zero-order valence-electron chi connectivity index (χ0n) is 10.3. The summed E-state index contributed by atoms with van der Waals surface area (Å²) in [7, 11) is 0. The van der Waals surface area contributed by atoms with Gasteiger partial charge in [-0.3, -0.25) is 15.0 Å². The molecular formula is C11H17N5O2. The molecule has 1 aliphatic rings. The van der Waals surface area contributed by atoms with Crippen LogP contribution in [0.15, 0.2) is 12.7 Å². The van der Waals surface area contributed by atoms with Crippen LogP contribution in [0.25, 0.3) is 0 Å². The summed E-state index contributed by atoms with van der Waals surface area (Å²) >= 11 is 0. The Morgan fingerprint density at radius 3 is 2.50 bits per heavy atom. The minimum Gasteiger partial charge on any atom is -0.345 e. The van der Waals surface area contributed by atoms with Crippen molar-refractivity contribution in [3.05, 3.63) is 12.7 Å². The van der Waals surface area contributed by atoms with Gasteiger partial charge in [0.1, 0.15) is 12.7 Å². The van der Waals surface area contributed by atoms with Crippen molar-refractivity contribution < 1.29 is 9.59 Å². The van der Waals surface area contributed by atoms with Gasteiger partial charge in [-0.05, 0) is 18.8 Å². The van der Waals surface area contributed by atoms with Crippen LogP contribution in [0.5, 0.6) is 0 Å². The second-order valence-electron chi connectivity index (χ2n) is 4.65. The monoisotopic (exact) mass is 251 g/mol. The molecule has 2 unspecified atom stereocenters. The number of rotatable bonds is 2. The van der Waals surface area contributed by atoms with Crippen molar-refractivity contribution in [1.82, 2.24) is 20.2 Å². The van der Waals surface area contributed by atoms with Crippen molar-refractivity contribution in [1.29, 1.82) is 0 Å². The zero-order chi connectivity index (χ0) is 13.0. The van der Waals surface area contributed by atoms with Crippen molar-refractivity contribution in [3.8, 4) is 0 Å². The van der Waals surface area contributed by atoms with E-state index in [1.165, 1.54) is 23.8 Å². The molecular weight excluding hydrogens is 234 g/mol. The van der Waals surface area contributed by atoms with Crippen LogP contribution in [0.2, 0.25) is 0 Å². The topological polar surface area (TPSA) is 88.9 Å². The molecule has 7 heteroatoms. The van der Waals surface area contributed by atoms with Crippen LogP contribution in [0.4, 0.5) is 0 Å². The molecule has 1 aromatic heterocycles. The van der Waals surface area contributed by atoms with E-state index < -0.39 is 11.8 Å². The van der Waals surface area contributed by atoms with E-state index in [9.17, 15) is 9.59 Å². The van der Waals surface area contributed by atoms with Gasteiger partial charge in [0.25, 0.3) is 0 Å². The summed E-state index contributed by atoms with van der Waals surface area (Å²) in [5.41, 5.74) is 2.37. The number of hydrogen-bond acceptors (Lipinski definition) is 4. The molecule has 1 saturated carbocycles. The van der Waals surface area contributed by atoms with E-state index >= 15 is 0 Å². The lowest BCUT2D eigenvalue weighted by Gasteiger charge is -2.29. The van der Waals surface area contributed by atoms with Gasteiger partial charge in [0.2, 0.25) is 0 Å². The fraction of sp³-hybridized carbons (Fsp3) is 0.636. The maximum Gasteiger partial charge on any atom is 0.328 e. The highest BCUT2D eigenvalue weighted by Gasteiger charge is 2.25. The van der Waals surface area contributed by atoms with Crippen molar-refractivity contribution in [2.24, 2.45) is 5.92 Å². The first-order chi connectivity index (χ1) is 8.66. The molecule has 0 spiro atoms. The van der Waals surface area contributed by atoms with Crippen molar-refractivity contribution in [3.63, 3.8) is 0 Å². The Kier molecular flexibility index (Phi) is 3.91. The Bertz CT molecular complexity index is 417. The Morgan fingerprint density at radius 1 is 1.17 bits per heavy atom. The van der Waals surface area contributed by atoms with Gasteiger partial charge in [-0.15, -0.1) is 10.2 Å². The van der Waals surface area contributed by atoms with E-state index in [0.717, 1.165) is 19.3 Å². The molecule has 1 aliphatic carbocycles. The number of nitrogens with one attached hydrogen (secondary N) is 2. The predicted molar refractivity (Wildman–Crippen MR) is 64.0 cm³/mol. The second kappa shape index (κ2) is 5.61. The number of hydrogen-bond donors (Lipinski definition) is 2. The molecule has 0 aromatic carbocycles. The van der Waals surface area contributed by atoms with E-state index in [-0.39, 0.29) is 6.04 Å². The molecule has 2 N–H and O–H groups in total. The highest BCUT2D eigenvalue weighted by molar-refractivity contribution is 6.38. The number of amides is 2. The molecule has 1 fully saturated rings. The van der Waals surface area contributed by atoms with E-state index in [4.69, 9.17) is 0 Å².